The molecule has 0 aromatic heterocycles. The van der Waals surface area contributed by atoms with E-state index in [0.29, 0.717) is 0 Å². The molecule has 0 spiro atoms. The summed E-state index contributed by atoms with van der Waals surface area (Å²) < 4.78 is 11.1. The van der Waals surface area contributed by atoms with Crippen LogP contribution in [0.25, 0.3) is 0 Å². The first-order valence-corrected chi connectivity index (χ1v) is 6.16. The third kappa shape index (κ3) is 4.27. The van der Waals surface area contributed by atoms with Crippen LogP contribution in [0.15, 0.2) is 18.2 Å². The van der Waals surface area contributed by atoms with Crippen LogP contribution in [0.3, 0.4) is 0 Å². The van der Waals surface area contributed by atoms with Gasteiger partial charge in [-0.25, -0.2) is 0 Å². The maximum absolute atomic E-state index is 5.84. The van der Waals surface area contributed by atoms with Gasteiger partial charge in [-0.2, -0.15) is 0 Å². The van der Waals surface area contributed by atoms with Crippen molar-refractivity contribution < 1.29 is 9.47 Å². The first-order valence-electron chi connectivity index (χ1n) is 6.16. The quantitative estimate of drug-likeness (QED) is 0.827. The van der Waals surface area contributed by atoms with E-state index < -0.39 is 0 Å². The summed E-state index contributed by atoms with van der Waals surface area (Å²) in [7, 11) is 1.66. The van der Waals surface area contributed by atoms with E-state index in [0.717, 1.165) is 24.3 Å². The minimum atomic E-state index is 0.153. The Morgan fingerprint density at radius 2 is 1.94 bits per heavy atom. The fourth-order valence-corrected chi connectivity index (χ4v) is 1.61. The minimum Gasteiger partial charge on any atom is -0.493 e. The van der Waals surface area contributed by atoms with E-state index >= 15 is 0 Å². The summed E-state index contributed by atoms with van der Waals surface area (Å²) in [5, 5.41) is 0. The third-order valence-corrected chi connectivity index (χ3v) is 2.69. The van der Waals surface area contributed by atoms with Gasteiger partial charge in [-0.15, -0.1) is 0 Å². The zero-order valence-corrected chi connectivity index (χ0v) is 11.2. The number of methoxy groups -OCH3 is 1. The van der Waals surface area contributed by atoms with Crippen LogP contribution in [0.1, 0.15) is 32.8 Å². The predicted molar refractivity (Wildman–Crippen MR) is 70.7 cm³/mol. The van der Waals surface area contributed by atoms with E-state index in [-0.39, 0.29) is 12.1 Å². The lowest BCUT2D eigenvalue weighted by Gasteiger charge is -2.17. The molecule has 0 radical (unpaired) electrons. The fraction of sp³-hybridized carbons (Fsp3) is 0.571. The van der Waals surface area contributed by atoms with Crippen molar-refractivity contribution in [1.29, 1.82) is 0 Å². The smallest absolute Gasteiger partial charge is 0.161 e. The van der Waals surface area contributed by atoms with Gasteiger partial charge in [0.05, 0.1) is 13.2 Å². The molecule has 96 valence electrons. The van der Waals surface area contributed by atoms with Crippen LogP contribution in [-0.4, -0.2) is 19.3 Å². The van der Waals surface area contributed by atoms with Gasteiger partial charge in [0.15, 0.2) is 11.5 Å². The van der Waals surface area contributed by atoms with Crippen molar-refractivity contribution in [2.75, 3.05) is 7.11 Å². The monoisotopic (exact) mass is 237 g/mol. The highest BCUT2D eigenvalue weighted by molar-refractivity contribution is 5.43. The first kappa shape index (κ1) is 13.8. The van der Waals surface area contributed by atoms with Crippen LogP contribution in [0.5, 0.6) is 11.5 Å². The molecular formula is C14H23NO2. The average molecular weight is 237 g/mol. The lowest BCUT2D eigenvalue weighted by Crippen LogP contribution is -2.18. The second-order valence-electron chi connectivity index (χ2n) is 4.50. The molecule has 3 nitrogen and oxygen atoms in total. The third-order valence-electron chi connectivity index (χ3n) is 2.69. The molecule has 17 heavy (non-hydrogen) atoms. The highest BCUT2D eigenvalue weighted by Gasteiger charge is 2.09. The average Bonchev–Trinajstić information content (AvgIpc) is 2.28. The maximum Gasteiger partial charge on any atom is 0.161 e. The van der Waals surface area contributed by atoms with Gasteiger partial charge in [-0.05, 0) is 44.4 Å². The Bertz CT molecular complexity index is 350. The Kier molecular flexibility index (Phi) is 5.29. The van der Waals surface area contributed by atoms with E-state index in [1.165, 1.54) is 5.56 Å². The van der Waals surface area contributed by atoms with E-state index in [1.807, 2.05) is 25.1 Å². The van der Waals surface area contributed by atoms with Crippen LogP contribution >= 0.6 is 0 Å². The zero-order chi connectivity index (χ0) is 12.8. The number of ether oxygens (including phenoxy) is 2. The Hall–Kier alpha value is -1.22. The normalized spacial score (nSPS) is 14.2. The van der Waals surface area contributed by atoms with Crippen molar-refractivity contribution in [3.05, 3.63) is 23.8 Å². The predicted octanol–water partition coefficient (Wildman–Crippen LogP) is 2.76. The van der Waals surface area contributed by atoms with E-state index in [2.05, 4.69) is 13.8 Å². The maximum atomic E-state index is 5.84. The molecule has 2 unspecified atom stereocenters. The van der Waals surface area contributed by atoms with Gasteiger partial charge in [0.1, 0.15) is 0 Å². The lowest BCUT2D eigenvalue weighted by molar-refractivity contribution is 0.207. The molecule has 1 rings (SSSR count). The summed E-state index contributed by atoms with van der Waals surface area (Å²) in [6, 6.07) is 6.15. The van der Waals surface area contributed by atoms with Crippen molar-refractivity contribution >= 4 is 0 Å². The van der Waals surface area contributed by atoms with Gasteiger partial charge in [-0.3, -0.25) is 0 Å². The van der Waals surface area contributed by atoms with Crippen LogP contribution in [0, 0.1) is 0 Å². The van der Waals surface area contributed by atoms with Crippen molar-refractivity contribution in [3.63, 3.8) is 0 Å². The van der Waals surface area contributed by atoms with E-state index in [4.69, 9.17) is 15.2 Å². The Labute approximate surface area is 104 Å². The summed E-state index contributed by atoms with van der Waals surface area (Å²) >= 11 is 0. The van der Waals surface area contributed by atoms with Gasteiger partial charge >= 0.3 is 0 Å². The molecule has 0 aliphatic carbocycles. The van der Waals surface area contributed by atoms with Crippen LogP contribution in [-0.2, 0) is 6.42 Å². The number of rotatable bonds is 6. The molecule has 0 fully saturated rings. The molecule has 0 heterocycles. The molecule has 0 amide bonds. The molecule has 3 heteroatoms. The van der Waals surface area contributed by atoms with Crippen LogP contribution in [0.2, 0.25) is 0 Å². The van der Waals surface area contributed by atoms with Gasteiger partial charge in [0.25, 0.3) is 0 Å². The molecule has 0 bridgehead atoms. The first-order chi connectivity index (χ1) is 8.06. The number of nitrogens with two attached hydrogens (primary N) is 1. The molecule has 0 aliphatic rings. The molecule has 0 saturated heterocycles. The van der Waals surface area contributed by atoms with Gasteiger partial charge in [-0.1, -0.05) is 13.0 Å². The molecule has 1 aromatic rings. The Morgan fingerprint density at radius 1 is 1.24 bits per heavy atom. The highest BCUT2D eigenvalue weighted by atomic mass is 16.5. The molecular weight excluding hydrogens is 214 g/mol. The summed E-state index contributed by atoms with van der Waals surface area (Å²) in [6.45, 7) is 6.15. The van der Waals surface area contributed by atoms with Crippen molar-refractivity contribution in [3.8, 4) is 11.5 Å². The van der Waals surface area contributed by atoms with Crippen molar-refractivity contribution in [2.45, 2.75) is 45.8 Å². The highest BCUT2D eigenvalue weighted by Crippen LogP contribution is 2.29. The number of hydrogen-bond donors (Lipinski definition) is 1. The standard InChI is InChI=1S/C14H23NO2/c1-5-11(3)17-14-9-12(8-10(2)15)6-7-13(14)16-4/h6-7,9-11H,5,8,15H2,1-4H3. The Balaban J connectivity index is 2.89. The molecule has 0 aliphatic heterocycles. The minimum absolute atomic E-state index is 0.153. The van der Waals surface area contributed by atoms with E-state index in [9.17, 15) is 0 Å². The van der Waals surface area contributed by atoms with Crippen molar-refractivity contribution in [2.24, 2.45) is 5.73 Å². The second-order valence-corrected chi connectivity index (χ2v) is 4.50. The number of hydrogen-bond acceptors (Lipinski definition) is 3. The van der Waals surface area contributed by atoms with Gasteiger partial charge < -0.3 is 15.2 Å². The summed E-state index contributed by atoms with van der Waals surface area (Å²) in [4.78, 5) is 0. The largest absolute Gasteiger partial charge is 0.493 e. The molecule has 1 aromatic carbocycles. The van der Waals surface area contributed by atoms with E-state index in [1.54, 1.807) is 7.11 Å². The topological polar surface area (TPSA) is 44.5 Å². The second kappa shape index (κ2) is 6.50. The van der Waals surface area contributed by atoms with Gasteiger partial charge in [0.2, 0.25) is 0 Å². The SMILES string of the molecule is CCC(C)Oc1cc(CC(C)N)ccc1OC. The molecule has 0 saturated carbocycles. The summed E-state index contributed by atoms with van der Waals surface area (Å²) in [5.74, 6) is 1.58. The molecule has 2 atom stereocenters. The van der Waals surface area contributed by atoms with Crippen LogP contribution in [0.4, 0.5) is 0 Å². The zero-order valence-electron chi connectivity index (χ0n) is 11.2. The number of benzene rings is 1. The summed E-state index contributed by atoms with van der Waals surface area (Å²) in [5.41, 5.74) is 6.98. The van der Waals surface area contributed by atoms with Gasteiger partial charge in [0, 0.05) is 6.04 Å². The van der Waals surface area contributed by atoms with Crippen LogP contribution < -0.4 is 15.2 Å². The fourth-order valence-electron chi connectivity index (χ4n) is 1.61. The van der Waals surface area contributed by atoms with Crippen molar-refractivity contribution in [1.82, 2.24) is 0 Å². The molecule has 2 N–H and O–H groups in total. The lowest BCUT2D eigenvalue weighted by atomic mass is 10.1. The Morgan fingerprint density at radius 3 is 2.47 bits per heavy atom. The summed E-state index contributed by atoms with van der Waals surface area (Å²) in [6.07, 6.45) is 2.01.